The molecule has 0 radical (unpaired) electrons. The summed E-state index contributed by atoms with van der Waals surface area (Å²) in [6, 6.07) is 5.32. The summed E-state index contributed by atoms with van der Waals surface area (Å²) < 4.78 is 32.3. The number of nitrogens with zero attached hydrogens (tertiary/aromatic N) is 2. The van der Waals surface area contributed by atoms with Crippen molar-refractivity contribution >= 4 is 21.3 Å². The van der Waals surface area contributed by atoms with E-state index in [4.69, 9.17) is 4.55 Å². The van der Waals surface area contributed by atoms with Gasteiger partial charge < -0.3 is 4.98 Å². The van der Waals surface area contributed by atoms with Crippen molar-refractivity contribution in [3.05, 3.63) is 45.1 Å². The monoisotopic (exact) mass is 364 g/mol. The van der Waals surface area contributed by atoms with E-state index < -0.39 is 21.4 Å². The number of benzene rings is 1. The molecule has 1 aromatic carbocycles. The number of H-pyrrole nitrogens is 2. The number of hydrogen-bond donors (Lipinski definition) is 3. The van der Waals surface area contributed by atoms with Gasteiger partial charge in [-0.2, -0.15) is 8.42 Å². The second-order valence-corrected chi connectivity index (χ2v) is 6.97. The first-order valence-electron chi connectivity index (χ1n) is 7.62. The summed E-state index contributed by atoms with van der Waals surface area (Å²) in [5.41, 5.74) is -0.170. The normalized spacial score (nSPS) is 11.9. The van der Waals surface area contributed by atoms with E-state index >= 15 is 0 Å². The van der Waals surface area contributed by atoms with E-state index in [9.17, 15) is 18.0 Å². The molecule has 0 fully saturated rings. The average molecular weight is 364 g/mol. The number of unbranched alkanes of at least 4 members (excludes halogenated alkanes) is 1. The molecule has 0 saturated heterocycles. The van der Waals surface area contributed by atoms with Crippen LogP contribution in [0.3, 0.4) is 0 Å². The Hall–Kier alpha value is -2.72. The minimum Gasteiger partial charge on any atom is -0.332 e. The van der Waals surface area contributed by atoms with E-state index in [2.05, 4.69) is 15.0 Å². The fraction of sp³-hybridized carbons (Fsp3) is 0.267. The number of aromatic nitrogens is 4. The second kappa shape index (κ2) is 6.30. The number of imidazole rings is 1. The fourth-order valence-corrected chi connectivity index (χ4v) is 2.94. The maximum absolute atomic E-state index is 12.4. The molecule has 2 heterocycles. The molecule has 3 aromatic rings. The molecule has 0 aliphatic carbocycles. The highest BCUT2D eigenvalue weighted by Crippen LogP contribution is 2.19. The number of rotatable bonds is 5. The van der Waals surface area contributed by atoms with Crippen molar-refractivity contribution < 1.29 is 13.0 Å². The molecule has 3 rings (SSSR count). The highest BCUT2D eigenvalue weighted by molar-refractivity contribution is 7.85. The summed E-state index contributed by atoms with van der Waals surface area (Å²) in [6.45, 7) is 2.28. The molecule has 0 amide bonds. The first-order valence-corrected chi connectivity index (χ1v) is 9.06. The first kappa shape index (κ1) is 17.1. The van der Waals surface area contributed by atoms with E-state index in [0.29, 0.717) is 24.4 Å². The van der Waals surface area contributed by atoms with Crippen LogP contribution in [0.2, 0.25) is 0 Å². The molecular weight excluding hydrogens is 348 g/mol. The van der Waals surface area contributed by atoms with Crippen molar-refractivity contribution in [1.82, 2.24) is 19.5 Å². The number of fused-ring (bicyclic) bond motifs is 1. The van der Waals surface area contributed by atoms with Gasteiger partial charge in [0.05, 0.1) is 4.90 Å². The molecule has 0 aliphatic heterocycles. The van der Waals surface area contributed by atoms with E-state index in [0.717, 1.165) is 11.0 Å². The van der Waals surface area contributed by atoms with E-state index in [1.54, 1.807) is 0 Å². The Kier molecular flexibility index (Phi) is 4.31. The van der Waals surface area contributed by atoms with Crippen LogP contribution in [-0.4, -0.2) is 32.5 Å². The number of aromatic amines is 2. The molecule has 10 heteroatoms. The maximum atomic E-state index is 12.4. The predicted molar refractivity (Wildman–Crippen MR) is 91.1 cm³/mol. The van der Waals surface area contributed by atoms with Crippen molar-refractivity contribution in [3.8, 4) is 11.4 Å². The van der Waals surface area contributed by atoms with Gasteiger partial charge in [-0.1, -0.05) is 13.3 Å². The lowest BCUT2D eigenvalue weighted by molar-refractivity contribution is 0.483. The van der Waals surface area contributed by atoms with Crippen LogP contribution < -0.4 is 11.2 Å². The molecule has 0 spiro atoms. The third-order valence-electron chi connectivity index (χ3n) is 3.79. The average Bonchev–Trinajstić information content (AvgIpc) is 2.98. The molecule has 25 heavy (non-hydrogen) atoms. The van der Waals surface area contributed by atoms with E-state index in [1.807, 2.05) is 6.92 Å². The fourth-order valence-electron chi connectivity index (χ4n) is 2.46. The number of nitrogens with one attached hydrogen (secondary N) is 2. The molecule has 132 valence electrons. The smallest absolute Gasteiger partial charge is 0.330 e. The van der Waals surface area contributed by atoms with Crippen molar-refractivity contribution in [1.29, 1.82) is 0 Å². The summed E-state index contributed by atoms with van der Waals surface area (Å²) in [5, 5.41) is 0. The van der Waals surface area contributed by atoms with Gasteiger partial charge in [0.25, 0.3) is 15.7 Å². The SMILES string of the molecule is CCCCn1c(=O)[nH]c2nc(-c3ccc(S(=O)(=O)O)cc3)[nH]c2c1=O. The Morgan fingerprint density at radius 3 is 2.44 bits per heavy atom. The van der Waals surface area contributed by atoms with Gasteiger partial charge in [0.2, 0.25) is 0 Å². The zero-order chi connectivity index (χ0) is 18.2. The lowest BCUT2D eigenvalue weighted by Crippen LogP contribution is -2.35. The Bertz CT molecular complexity index is 1140. The van der Waals surface area contributed by atoms with Gasteiger partial charge in [0.1, 0.15) is 11.3 Å². The molecule has 0 atom stereocenters. The van der Waals surface area contributed by atoms with Crippen molar-refractivity contribution in [2.75, 3.05) is 0 Å². The quantitative estimate of drug-likeness (QED) is 0.580. The van der Waals surface area contributed by atoms with Crippen LogP contribution in [0.25, 0.3) is 22.6 Å². The molecule has 0 aliphatic rings. The topological polar surface area (TPSA) is 138 Å². The Morgan fingerprint density at radius 1 is 1.16 bits per heavy atom. The molecule has 0 unspecified atom stereocenters. The zero-order valence-electron chi connectivity index (χ0n) is 13.3. The molecule has 0 bridgehead atoms. The van der Waals surface area contributed by atoms with Crippen LogP contribution in [-0.2, 0) is 16.7 Å². The summed E-state index contributed by atoms with van der Waals surface area (Å²) in [4.78, 5) is 33.8. The summed E-state index contributed by atoms with van der Waals surface area (Å²) in [7, 11) is -4.28. The highest BCUT2D eigenvalue weighted by Gasteiger charge is 2.14. The lowest BCUT2D eigenvalue weighted by atomic mass is 10.2. The summed E-state index contributed by atoms with van der Waals surface area (Å²) >= 11 is 0. The lowest BCUT2D eigenvalue weighted by Gasteiger charge is -2.01. The Balaban J connectivity index is 2.09. The third kappa shape index (κ3) is 3.26. The van der Waals surface area contributed by atoms with Gasteiger partial charge in [-0.3, -0.25) is 18.9 Å². The van der Waals surface area contributed by atoms with Gasteiger partial charge in [0, 0.05) is 12.1 Å². The molecule has 0 saturated carbocycles. The standard InChI is InChI=1S/C15H16N4O5S/c1-2-3-8-19-14(20)11-13(18-15(19)21)17-12(16-11)9-4-6-10(7-5-9)25(22,23)24/h4-7H,2-3,8H2,1H3,(H,16,17)(H,18,21)(H,22,23,24). The van der Waals surface area contributed by atoms with Crippen molar-refractivity contribution in [2.24, 2.45) is 0 Å². The predicted octanol–water partition coefficient (Wildman–Crippen LogP) is 1.13. The van der Waals surface area contributed by atoms with Crippen molar-refractivity contribution in [2.45, 2.75) is 31.2 Å². The molecule has 2 aromatic heterocycles. The van der Waals surface area contributed by atoms with Crippen molar-refractivity contribution in [3.63, 3.8) is 0 Å². The molecular formula is C15H16N4O5S. The van der Waals surface area contributed by atoms with Crippen LogP contribution in [0.4, 0.5) is 0 Å². The largest absolute Gasteiger partial charge is 0.332 e. The van der Waals surface area contributed by atoms with Crippen LogP contribution in [0.1, 0.15) is 19.8 Å². The third-order valence-corrected chi connectivity index (χ3v) is 4.66. The van der Waals surface area contributed by atoms with Gasteiger partial charge in [-0.15, -0.1) is 0 Å². The zero-order valence-corrected chi connectivity index (χ0v) is 14.1. The molecule has 9 nitrogen and oxygen atoms in total. The van der Waals surface area contributed by atoms with Gasteiger partial charge in [-0.25, -0.2) is 9.78 Å². The first-order chi connectivity index (χ1) is 11.8. The van der Waals surface area contributed by atoms with Crippen LogP contribution in [0.15, 0.2) is 38.8 Å². The highest BCUT2D eigenvalue weighted by atomic mass is 32.2. The summed E-state index contributed by atoms with van der Waals surface area (Å²) in [5.74, 6) is 0.304. The summed E-state index contributed by atoms with van der Waals surface area (Å²) in [6.07, 6.45) is 1.55. The maximum Gasteiger partial charge on any atom is 0.330 e. The van der Waals surface area contributed by atoms with Gasteiger partial charge in [-0.05, 0) is 30.7 Å². The van der Waals surface area contributed by atoms with Gasteiger partial charge in [0.15, 0.2) is 5.65 Å². The Labute approximate surface area is 142 Å². The minimum absolute atomic E-state index is 0.136. The minimum atomic E-state index is -4.28. The van der Waals surface area contributed by atoms with Crippen LogP contribution >= 0.6 is 0 Å². The second-order valence-electron chi connectivity index (χ2n) is 5.55. The van der Waals surface area contributed by atoms with Crippen LogP contribution in [0, 0.1) is 0 Å². The van der Waals surface area contributed by atoms with E-state index in [1.165, 1.54) is 24.3 Å². The van der Waals surface area contributed by atoms with Crippen LogP contribution in [0.5, 0.6) is 0 Å². The number of hydrogen-bond acceptors (Lipinski definition) is 5. The van der Waals surface area contributed by atoms with Gasteiger partial charge >= 0.3 is 5.69 Å². The van der Waals surface area contributed by atoms with E-state index in [-0.39, 0.29) is 16.1 Å². The molecule has 3 N–H and O–H groups in total. The Morgan fingerprint density at radius 2 is 1.84 bits per heavy atom.